The van der Waals surface area contributed by atoms with E-state index in [2.05, 4.69) is 20.2 Å². The van der Waals surface area contributed by atoms with Crippen LogP contribution in [0.3, 0.4) is 0 Å². The minimum absolute atomic E-state index is 0.00808. The molecule has 3 amide bonds. The molecule has 7 nitrogen and oxygen atoms in total. The van der Waals surface area contributed by atoms with Crippen LogP contribution in [0.4, 0.5) is 10.5 Å². The number of hydrogen-bond acceptors (Lipinski definition) is 5. The van der Waals surface area contributed by atoms with Gasteiger partial charge in [-0.3, -0.25) is 4.79 Å². The van der Waals surface area contributed by atoms with Crippen LogP contribution in [0.25, 0.3) is 0 Å². The van der Waals surface area contributed by atoms with Gasteiger partial charge >= 0.3 is 6.03 Å². The molecule has 0 bridgehead atoms. The molecule has 1 saturated heterocycles. The Hall–Kier alpha value is -1.90. The standard InChI is InChI=1S/C17H19Cl2N5O2S/c1-10-15(27-23-22-10)16(25)24-6-4-11(5-7-24)9-20-17(26)21-12-2-3-13(18)14(19)8-12/h2-3,8,11H,4-7,9H2,1H3,(H2,20,21,26). The van der Waals surface area contributed by atoms with E-state index < -0.39 is 0 Å². The SMILES string of the molecule is Cc1nnsc1C(=O)N1CCC(CNC(=O)Nc2ccc(Cl)c(Cl)c2)CC1. The number of aryl methyl sites for hydroxylation is 1. The zero-order valence-electron chi connectivity index (χ0n) is 14.7. The number of piperidine rings is 1. The predicted molar refractivity (Wildman–Crippen MR) is 107 cm³/mol. The van der Waals surface area contributed by atoms with Crippen LogP contribution in [0.1, 0.15) is 28.2 Å². The average Bonchev–Trinajstić information content (AvgIpc) is 3.09. The fraction of sp³-hybridized carbons (Fsp3) is 0.412. The molecule has 0 atom stereocenters. The summed E-state index contributed by atoms with van der Waals surface area (Å²) in [5.74, 6) is 0.320. The average molecular weight is 428 g/mol. The molecule has 3 rings (SSSR count). The van der Waals surface area contributed by atoms with Gasteiger partial charge in [-0.15, -0.1) is 5.10 Å². The summed E-state index contributed by atoms with van der Waals surface area (Å²) in [6.45, 7) is 3.67. The summed E-state index contributed by atoms with van der Waals surface area (Å²) in [6.07, 6.45) is 1.67. The number of likely N-dealkylation sites (tertiary alicyclic amines) is 1. The van der Waals surface area contributed by atoms with Crippen LogP contribution in [-0.2, 0) is 0 Å². The second-order valence-electron chi connectivity index (χ2n) is 6.39. The van der Waals surface area contributed by atoms with Gasteiger partial charge in [0, 0.05) is 25.3 Å². The van der Waals surface area contributed by atoms with Crippen LogP contribution in [0.5, 0.6) is 0 Å². The molecule has 27 heavy (non-hydrogen) atoms. The van der Waals surface area contributed by atoms with Gasteiger partial charge in [0.1, 0.15) is 4.88 Å². The highest BCUT2D eigenvalue weighted by atomic mass is 35.5. The summed E-state index contributed by atoms with van der Waals surface area (Å²) in [6, 6.07) is 4.63. The van der Waals surface area contributed by atoms with Crippen molar-refractivity contribution < 1.29 is 9.59 Å². The number of hydrogen-bond donors (Lipinski definition) is 2. The summed E-state index contributed by atoms with van der Waals surface area (Å²) in [7, 11) is 0. The van der Waals surface area contributed by atoms with E-state index in [0.717, 1.165) is 24.4 Å². The van der Waals surface area contributed by atoms with Crippen LogP contribution >= 0.6 is 34.7 Å². The Labute approximate surface area is 171 Å². The van der Waals surface area contributed by atoms with Crippen molar-refractivity contribution in [2.75, 3.05) is 25.0 Å². The molecule has 2 N–H and O–H groups in total. The number of benzene rings is 1. The lowest BCUT2D eigenvalue weighted by atomic mass is 9.96. The maximum atomic E-state index is 12.5. The Morgan fingerprint density at radius 1 is 1.26 bits per heavy atom. The third-order valence-electron chi connectivity index (χ3n) is 4.48. The molecule has 2 heterocycles. The molecule has 1 aromatic heterocycles. The molecular formula is C17H19Cl2N5O2S. The van der Waals surface area contributed by atoms with E-state index in [-0.39, 0.29) is 11.9 Å². The minimum Gasteiger partial charge on any atom is -0.338 e. The van der Waals surface area contributed by atoms with Gasteiger partial charge in [0.2, 0.25) is 0 Å². The third kappa shape index (κ3) is 5.09. The van der Waals surface area contributed by atoms with Gasteiger partial charge in [-0.25, -0.2) is 4.79 Å². The summed E-state index contributed by atoms with van der Waals surface area (Å²) in [5.41, 5.74) is 1.25. The van der Waals surface area contributed by atoms with E-state index in [1.807, 2.05) is 4.90 Å². The van der Waals surface area contributed by atoms with E-state index in [4.69, 9.17) is 23.2 Å². The van der Waals surface area contributed by atoms with Gasteiger partial charge in [-0.1, -0.05) is 27.7 Å². The molecule has 1 aromatic carbocycles. The van der Waals surface area contributed by atoms with Gasteiger partial charge in [-0.2, -0.15) is 0 Å². The van der Waals surface area contributed by atoms with Gasteiger partial charge in [-0.05, 0) is 55.4 Å². The van der Waals surface area contributed by atoms with Crippen LogP contribution in [0.15, 0.2) is 18.2 Å². The number of carbonyl (C=O) groups excluding carboxylic acids is 2. The maximum absolute atomic E-state index is 12.5. The van der Waals surface area contributed by atoms with Crippen molar-refractivity contribution in [3.05, 3.63) is 38.8 Å². The zero-order valence-corrected chi connectivity index (χ0v) is 17.0. The number of anilines is 1. The Bertz CT molecular complexity index is 836. The van der Waals surface area contributed by atoms with Gasteiger partial charge < -0.3 is 15.5 Å². The van der Waals surface area contributed by atoms with Crippen LogP contribution in [-0.4, -0.2) is 46.1 Å². The van der Waals surface area contributed by atoms with Crippen molar-refractivity contribution in [2.45, 2.75) is 19.8 Å². The molecule has 10 heteroatoms. The minimum atomic E-state index is -0.293. The second kappa shape index (κ2) is 8.86. The molecule has 1 aliphatic rings. The molecule has 0 saturated carbocycles. The molecule has 0 spiro atoms. The lowest BCUT2D eigenvalue weighted by Crippen LogP contribution is -2.42. The molecule has 0 unspecified atom stereocenters. The molecule has 0 aliphatic carbocycles. The molecule has 2 aromatic rings. The molecule has 144 valence electrons. The molecular weight excluding hydrogens is 409 g/mol. The largest absolute Gasteiger partial charge is 0.338 e. The van der Waals surface area contributed by atoms with Gasteiger partial charge in [0.15, 0.2) is 0 Å². The van der Waals surface area contributed by atoms with E-state index in [1.54, 1.807) is 25.1 Å². The van der Waals surface area contributed by atoms with Crippen molar-refractivity contribution in [3.63, 3.8) is 0 Å². The normalized spacial score (nSPS) is 14.9. The van der Waals surface area contributed by atoms with E-state index in [9.17, 15) is 9.59 Å². The highest BCUT2D eigenvalue weighted by molar-refractivity contribution is 7.07. The fourth-order valence-electron chi connectivity index (χ4n) is 2.90. The number of nitrogens with zero attached hydrogens (tertiary/aromatic N) is 3. The highest BCUT2D eigenvalue weighted by Crippen LogP contribution is 2.25. The third-order valence-corrected chi connectivity index (χ3v) is 6.03. The van der Waals surface area contributed by atoms with Gasteiger partial charge in [0.25, 0.3) is 5.91 Å². The number of carbonyl (C=O) groups is 2. The predicted octanol–water partition coefficient (Wildman–Crippen LogP) is 3.83. The smallest absolute Gasteiger partial charge is 0.319 e. The van der Waals surface area contributed by atoms with Gasteiger partial charge in [0.05, 0.1) is 15.7 Å². The van der Waals surface area contributed by atoms with E-state index >= 15 is 0 Å². The summed E-state index contributed by atoms with van der Waals surface area (Å²) < 4.78 is 3.82. The summed E-state index contributed by atoms with van der Waals surface area (Å²) in [4.78, 5) is 26.9. The number of urea groups is 1. The van der Waals surface area contributed by atoms with Crippen molar-refractivity contribution in [2.24, 2.45) is 5.92 Å². The highest BCUT2D eigenvalue weighted by Gasteiger charge is 2.26. The Kier molecular flexibility index (Phi) is 6.51. The lowest BCUT2D eigenvalue weighted by Gasteiger charge is -2.31. The number of rotatable bonds is 4. The summed E-state index contributed by atoms with van der Waals surface area (Å²) in [5, 5.41) is 10.3. The topological polar surface area (TPSA) is 87.2 Å². The number of nitrogens with one attached hydrogen (secondary N) is 2. The van der Waals surface area contributed by atoms with E-state index in [0.29, 0.717) is 51.9 Å². The Balaban J connectivity index is 1.42. The monoisotopic (exact) mass is 427 g/mol. The molecule has 0 radical (unpaired) electrons. The van der Waals surface area contributed by atoms with Crippen molar-refractivity contribution in [3.8, 4) is 0 Å². The Morgan fingerprint density at radius 2 is 2.00 bits per heavy atom. The quantitative estimate of drug-likeness (QED) is 0.775. The first kappa shape index (κ1) is 19.9. The number of aromatic nitrogens is 2. The first-order chi connectivity index (χ1) is 12.9. The first-order valence-electron chi connectivity index (χ1n) is 8.52. The van der Waals surface area contributed by atoms with Crippen LogP contribution < -0.4 is 10.6 Å². The zero-order chi connectivity index (χ0) is 19.4. The second-order valence-corrected chi connectivity index (χ2v) is 7.96. The van der Waals surface area contributed by atoms with Crippen molar-refractivity contribution in [1.29, 1.82) is 0 Å². The van der Waals surface area contributed by atoms with Crippen molar-refractivity contribution in [1.82, 2.24) is 19.8 Å². The fourth-order valence-corrected chi connectivity index (χ4v) is 3.82. The molecule has 1 aliphatic heterocycles. The molecule has 1 fully saturated rings. The first-order valence-corrected chi connectivity index (χ1v) is 10.0. The number of halogens is 2. The lowest BCUT2D eigenvalue weighted by molar-refractivity contribution is 0.0694. The van der Waals surface area contributed by atoms with E-state index in [1.165, 1.54) is 0 Å². The number of amides is 3. The maximum Gasteiger partial charge on any atom is 0.319 e. The van der Waals surface area contributed by atoms with Crippen LogP contribution in [0, 0.1) is 12.8 Å². The summed E-state index contributed by atoms with van der Waals surface area (Å²) >= 11 is 12.9. The Morgan fingerprint density at radius 3 is 2.63 bits per heavy atom. The van der Waals surface area contributed by atoms with Crippen molar-refractivity contribution >= 4 is 52.4 Å². The van der Waals surface area contributed by atoms with Crippen LogP contribution in [0.2, 0.25) is 10.0 Å².